The molecule has 4 rings (SSSR count). The number of halogens is 2. The van der Waals surface area contributed by atoms with Gasteiger partial charge in [-0.15, -0.1) is 5.11 Å². The number of phenols is 1. The van der Waals surface area contributed by atoms with Crippen LogP contribution in [0.3, 0.4) is 0 Å². The van der Waals surface area contributed by atoms with Crippen molar-refractivity contribution in [1.82, 2.24) is 18.7 Å². The predicted molar refractivity (Wildman–Crippen MR) is 122 cm³/mol. The molecule has 0 unspecified atom stereocenters. The first-order chi connectivity index (χ1) is 15.3. The lowest BCUT2D eigenvalue weighted by molar-refractivity contribution is 0.475. The first kappa shape index (κ1) is 21.8. The van der Waals surface area contributed by atoms with Gasteiger partial charge in [0, 0.05) is 29.7 Å². The van der Waals surface area contributed by atoms with Crippen LogP contribution in [0.4, 0.5) is 5.95 Å². The number of hydrogen-bond donors (Lipinski definition) is 1. The third-order valence-electron chi connectivity index (χ3n) is 5.06. The molecule has 2 heterocycles. The van der Waals surface area contributed by atoms with Gasteiger partial charge < -0.3 is 5.11 Å². The standard InChI is InChI=1S/C21H18Cl2N6O3/c1-27-18-17(19(31)28(2)21(27)32)29(11-14-15(22)4-3-5-16(14)23)20(25-18)26-24-10-12-6-8-13(30)9-7-12/h3-9,30H,10-11H2,1-2H3. The Kier molecular flexibility index (Phi) is 5.86. The lowest BCUT2D eigenvalue weighted by Crippen LogP contribution is -2.37. The van der Waals surface area contributed by atoms with Gasteiger partial charge in [-0.2, -0.15) is 10.1 Å². The Balaban J connectivity index is 1.86. The maximum Gasteiger partial charge on any atom is 0.332 e. The number of aryl methyl sites for hydroxylation is 1. The monoisotopic (exact) mass is 472 g/mol. The van der Waals surface area contributed by atoms with E-state index in [0.29, 0.717) is 15.6 Å². The average molecular weight is 473 g/mol. The van der Waals surface area contributed by atoms with E-state index in [0.717, 1.165) is 10.1 Å². The second-order valence-corrected chi connectivity index (χ2v) is 7.96. The van der Waals surface area contributed by atoms with E-state index in [2.05, 4.69) is 15.2 Å². The lowest BCUT2D eigenvalue weighted by atomic mass is 10.2. The minimum atomic E-state index is -0.515. The Morgan fingerprint density at radius 2 is 1.66 bits per heavy atom. The molecule has 1 N–H and O–H groups in total. The fourth-order valence-electron chi connectivity index (χ4n) is 3.28. The number of nitrogens with zero attached hydrogens (tertiary/aromatic N) is 6. The van der Waals surface area contributed by atoms with Gasteiger partial charge in [0.15, 0.2) is 11.2 Å². The lowest BCUT2D eigenvalue weighted by Gasteiger charge is -2.10. The van der Waals surface area contributed by atoms with Crippen LogP contribution < -0.4 is 11.2 Å². The Morgan fingerprint density at radius 1 is 1.00 bits per heavy atom. The summed E-state index contributed by atoms with van der Waals surface area (Å²) in [5.41, 5.74) is 0.756. The van der Waals surface area contributed by atoms with Crippen LogP contribution in [0, 0.1) is 0 Å². The molecule has 0 aliphatic carbocycles. The molecule has 0 aliphatic heterocycles. The molecule has 0 spiro atoms. The summed E-state index contributed by atoms with van der Waals surface area (Å²) < 4.78 is 3.83. The van der Waals surface area contributed by atoms with Gasteiger partial charge in [-0.1, -0.05) is 41.4 Å². The van der Waals surface area contributed by atoms with Crippen molar-refractivity contribution < 1.29 is 5.11 Å². The third-order valence-corrected chi connectivity index (χ3v) is 5.76. The first-order valence-electron chi connectivity index (χ1n) is 9.52. The largest absolute Gasteiger partial charge is 0.508 e. The minimum Gasteiger partial charge on any atom is -0.508 e. The number of benzene rings is 2. The molecule has 0 saturated heterocycles. The molecule has 0 fully saturated rings. The number of rotatable bonds is 5. The van der Waals surface area contributed by atoms with E-state index in [-0.39, 0.29) is 36.0 Å². The molecular formula is C21H18Cl2N6O3. The van der Waals surface area contributed by atoms with E-state index in [1.54, 1.807) is 47.0 Å². The number of imidazole rings is 1. The van der Waals surface area contributed by atoms with Gasteiger partial charge in [-0.25, -0.2) is 4.79 Å². The van der Waals surface area contributed by atoms with Crippen molar-refractivity contribution in [1.29, 1.82) is 0 Å². The first-order valence-corrected chi connectivity index (χ1v) is 10.3. The van der Waals surface area contributed by atoms with Crippen molar-refractivity contribution in [3.05, 3.63) is 84.5 Å². The molecule has 4 aromatic rings. The molecule has 2 aromatic carbocycles. The maximum atomic E-state index is 12.9. The molecule has 32 heavy (non-hydrogen) atoms. The summed E-state index contributed by atoms with van der Waals surface area (Å²) in [6.07, 6.45) is 0. The van der Waals surface area contributed by atoms with Gasteiger partial charge in [-0.05, 0) is 29.8 Å². The van der Waals surface area contributed by atoms with Crippen LogP contribution in [-0.2, 0) is 27.2 Å². The predicted octanol–water partition coefficient (Wildman–Crippen LogP) is 3.78. The van der Waals surface area contributed by atoms with Crippen molar-refractivity contribution in [2.75, 3.05) is 0 Å². The summed E-state index contributed by atoms with van der Waals surface area (Å²) >= 11 is 12.7. The van der Waals surface area contributed by atoms with E-state index in [4.69, 9.17) is 23.2 Å². The molecule has 0 saturated carbocycles. The third kappa shape index (κ3) is 3.92. The second kappa shape index (κ2) is 8.60. The van der Waals surface area contributed by atoms with E-state index in [9.17, 15) is 14.7 Å². The van der Waals surface area contributed by atoms with Gasteiger partial charge in [0.05, 0.1) is 13.1 Å². The highest BCUT2D eigenvalue weighted by atomic mass is 35.5. The number of azo groups is 1. The molecule has 164 valence electrons. The molecule has 11 heteroatoms. The summed E-state index contributed by atoms with van der Waals surface area (Å²) in [6, 6.07) is 11.7. The zero-order chi connectivity index (χ0) is 23.0. The van der Waals surface area contributed by atoms with Crippen molar-refractivity contribution in [2.24, 2.45) is 24.3 Å². The van der Waals surface area contributed by atoms with Gasteiger partial charge in [0.1, 0.15) is 5.75 Å². The average Bonchev–Trinajstić information content (AvgIpc) is 3.13. The van der Waals surface area contributed by atoms with Crippen molar-refractivity contribution >= 4 is 40.3 Å². The Morgan fingerprint density at radius 3 is 2.31 bits per heavy atom. The number of hydrogen-bond acceptors (Lipinski definition) is 6. The minimum absolute atomic E-state index is 0.107. The van der Waals surface area contributed by atoms with Crippen LogP contribution in [0.25, 0.3) is 11.2 Å². The van der Waals surface area contributed by atoms with Crippen LogP contribution in [0.15, 0.2) is 62.3 Å². The molecule has 0 atom stereocenters. The number of fused-ring (bicyclic) bond motifs is 1. The second-order valence-electron chi connectivity index (χ2n) is 7.14. The molecule has 9 nitrogen and oxygen atoms in total. The number of phenolic OH excluding ortho intramolecular Hbond substituents is 1. The van der Waals surface area contributed by atoms with Gasteiger partial charge in [0.2, 0.25) is 0 Å². The van der Waals surface area contributed by atoms with Crippen LogP contribution in [0.2, 0.25) is 10.0 Å². The molecule has 2 aromatic heterocycles. The SMILES string of the molecule is Cn1c(=O)c2c(nc(N=NCc3ccc(O)cc3)n2Cc2c(Cl)cccc2Cl)n(C)c1=O. The zero-order valence-electron chi connectivity index (χ0n) is 17.2. The van der Waals surface area contributed by atoms with Crippen molar-refractivity contribution in [2.45, 2.75) is 13.1 Å². The number of aromatic nitrogens is 4. The molecule has 0 aliphatic rings. The van der Waals surface area contributed by atoms with E-state index < -0.39 is 11.2 Å². The van der Waals surface area contributed by atoms with Crippen LogP contribution in [0.1, 0.15) is 11.1 Å². The van der Waals surface area contributed by atoms with E-state index >= 15 is 0 Å². The molecule has 0 radical (unpaired) electrons. The Labute approximate surface area is 191 Å². The smallest absolute Gasteiger partial charge is 0.332 e. The summed E-state index contributed by atoms with van der Waals surface area (Å²) in [6.45, 7) is 0.337. The summed E-state index contributed by atoms with van der Waals surface area (Å²) in [5, 5.41) is 18.7. The van der Waals surface area contributed by atoms with Crippen LogP contribution in [-0.4, -0.2) is 23.8 Å². The fourth-order valence-corrected chi connectivity index (χ4v) is 3.80. The van der Waals surface area contributed by atoms with Crippen LogP contribution in [0.5, 0.6) is 5.75 Å². The van der Waals surface area contributed by atoms with Gasteiger partial charge in [0.25, 0.3) is 11.5 Å². The van der Waals surface area contributed by atoms with Crippen molar-refractivity contribution in [3.63, 3.8) is 0 Å². The topological polar surface area (TPSA) is 107 Å². The summed E-state index contributed by atoms with van der Waals surface area (Å²) in [5.74, 6) is 0.286. The zero-order valence-corrected chi connectivity index (χ0v) is 18.7. The Hall–Kier alpha value is -3.43. The number of aromatic hydroxyl groups is 1. The molecule has 0 amide bonds. The highest BCUT2D eigenvalue weighted by Gasteiger charge is 2.20. The van der Waals surface area contributed by atoms with Crippen LogP contribution >= 0.6 is 23.2 Å². The van der Waals surface area contributed by atoms with Gasteiger partial charge >= 0.3 is 5.69 Å². The molecule has 0 bridgehead atoms. The van der Waals surface area contributed by atoms with E-state index in [1.807, 2.05) is 0 Å². The summed E-state index contributed by atoms with van der Waals surface area (Å²) in [7, 11) is 2.93. The highest BCUT2D eigenvalue weighted by Crippen LogP contribution is 2.28. The maximum absolute atomic E-state index is 12.9. The Bertz CT molecular complexity index is 1450. The summed E-state index contributed by atoms with van der Waals surface area (Å²) in [4.78, 5) is 29.7. The highest BCUT2D eigenvalue weighted by molar-refractivity contribution is 6.36. The van der Waals surface area contributed by atoms with E-state index in [1.165, 1.54) is 18.7 Å². The quantitative estimate of drug-likeness (QED) is 0.445. The van der Waals surface area contributed by atoms with Crippen molar-refractivity contribution in [3.8, 4) is 5.75 Å². The molecular weight excluding hydrogens is 455 g/mol. The van der Waals surface area contributed by atoms with Gasteiger partial charge in [-0.3, -0.25) is 18.5 Å². The normalized spacial score (nSPS) is 11.6. The fraction of sp³-hybridized carbons (Fsp3) is 0.190.